The van der Waals surface area contributed by atoms with Gasteiger partial charge in [-0.25, -0.2) is 15.0 Å². The Morgan fingerprint density at radius 2 is 1.54 bits per heavy atom. The zero-order chi connectivity index (χ0) is 17.3. The number of hydrogen-bond acceptors (Lipinski definition) is 7. The van der Waals surface area contributed by atoms with Crippen LogP contribution in [0.15, 0.2) is 18.6 Å². The van der Waals surface area contributed by atoms with Gasteiger partial charge in [-0.15, -0.1) is 0 Å². The van der Waals surface area contributed by atoms with Crippen LogP contribution in [0.4, 0.5) is 17.6 Å². The SMILES string of the molecule is c1cc(N2CCN(c3ncnc4c3CCC4)CC2)nc(N2CCCC2)n1. The molecule has 2 saturated heterocycles. The van der Waals surface area contributed by atoms with Gasteiger partial charge in [-0.1, -0.05) is 0 Å². The van der Waals surface area contributed by atoms with Crippen molar-refractivity contribution >= 4 is 17.6 Å². The van der Waals surface area contributed by atoms with Gasteiger partial charge in [-0.2, -0.15) is 4.98 Å². The van der Waals surface area contributed by atoms with E-state index in [0.29, 0.717) is 0 Å². The van der Waals surface area contributed by atoms with Crippen LogP contribution in [0.1, 0.15) is 30.5 Å². The molecule has 0 aromatic carbocycles. The molecule has 0 saturated carbocycles. The van der Waals surface area contributed by atoms with Crippen molar-refractivity contribution in [2.75, 3.05) is 54.0 Å². The largest absolute Gasteiger partial charge is 0.353 e. The minimum absolute atomic E-state index is 0.885. The number of fused-ring (bicyclic) bond motifs is 1. The molecule has 26 heavy (non-hydrogen) atoms. The second kappa shape index (κ2) is 6.70. The lowest BCUT2D eigenvalue weighted by molar-refractivity contribution is 0.637. The highest BCUT2D eigenvalue weighted by Gasteiger charge is 2.25. The normalized spacial score (nSPS) is 19.9. The van der Waals surface area contributed by atoms with Crippen molar-refractivity contribution in [3.63, 3.8) is 0 Å². The van der Waals surface area contributed by atoms with Crippen molar-refractivity contribution in [2.24, 2.45) is 0 Å². The summed E-state index contributed by atoms with van der Waals surface area (Å²) in [7, 11) is 0. The van der Waals surface area contributed by atoms with Gasteiger partial charge < -0.3 is 14.7 Å². The number of nitrogens with zero attached hydrogens (tertiary/aromatic N) is 7. The summed E-state index contributed by atoms with van der Waals surface area (Å²) >= 11 is 0. The number of aromatic nitrogens is 4. The summed E-state index contributed by atoms with van der Waals surface area (Å²) in [5.74, 6) is 3.10. The van der Waals surface area contributed by atoms with Crippen LogP contribution in [0.5, 0.6) is 0 Å². The van der Waals surface area contributed by atoms with E-state index < -0.39 is 0 Å². The molecule has 136 valence electrons. The van der Waals surface area contributed by atoms with Gasteiger partial charge in [0.25, 0.3) is 0 Å². The lowest BCUT2D eigenvalue weighted by atomic mass is 10.2. The second-order valence-electron chi connectivity index (χ2n) is 7.36. The molecule has 7 nitrogen and oxygen atoms in total. The van der Waals surface area contributed by atoms with Gasteiger partial charge in [0.2, 0.25) is 5.95 Å². The molecule has 2 aromatic rings. The summed E-state index contributed by atoms with van der Waals surface area (Å²) in [4.78, 5) is 25.5. The molecule has 0 bridgehead atoms. The molecule has 2 aliphatic heterocycles. The van der Waals surface area contributed by atoms with Crippen LogP contribution in [0.25, 0.3) is 0 Å². The lowest BCUT2D eigenvalue weighted by Gasteiger charge is -2.36. The average Bonchev–Trinajstić information content (AvgIpc) is 3.40. The molecular weight excluding hydrogens is 326 g/mol. The molecule has 0 N–H and O–H groups in total. The van der Waals surface area contributed by atoms with Crippen molar-refractivity contribution in [3.8, 4) is 0 Å². The summed E-state index contributed by atoms with van der Waals surface area (Å²) in [6, 6.07) is 2.04. The van der Waals surface area contributed by atoms with Gasteiger partial charge in [0.15, 0.2) is 0 Å². The summed E-state index contributed by atoms with van der Waals surface area (Å²) in [6.45, 7) is 6.05. The van der Waals surface area contributed by atoms with E-state index >= 15 is 0 Å². The third kappa shape index (κ3) is 2.85. The van der Waals surface area contributed by atoms with Gasteiger partial charge in [0, 0.05) is 56.7 Å². The van der Waals surface area contributed by atoms with Crippen molar-refractivity contribution in [3.05, 3.63) is 29.8 Å². The van der Waals surface area contributed by atoms with Gasteiger partial charge in [0.1, 0.15) is 18.0 Å². The minimum atomic E-state index is 0.885. The Labute approximate surface area is 154 Å². The van der Waals surface area contributed by atoms with E-state index in [0.717, 1.165) is 69.7 Å². The predicted molar refractivity (Wildman–Crippen MR) is 102 cm³/mol. The van der Waals surface area contributed by atoms with Crippen LogP contribution in [0.3, 0.4) is 0 Å². The first-order chi connectivity index (χ1) is 12.9. The molecule has 1 aliphatic carbocycles. The standard InChI is InChI=1S/C19H25N7/c1-2-9-26(8-1)19-20-7-6-17(23-19)24-10-12-25(13-11-24)18-15-4-3-5-16(15)21-14-22-18/h6-7,14H,1-5,8-13H2. The fraction of sp³-hybridized carbons (Fsp3) is 0.579. The van der Waals surface area contributed by atoms with Crippen molar-refractivity contribution < 1.29 is 0 Å². The first-order valence-electron chi connectivity index (χ1n) is 9.79. The molecule has 0 radical (unpaired) electrons. The number of anilines is 3. The molecule has 5 rings (SSSR count). The highest BCUT2D eigenvalue weighted by molar-refractivity contribution is 5.53. The summed E-state index contributed by atoms with van der Waals surface area (Å²) in [5.41, 5.74) is 2.63. The Kier molecular flexibility index (Phi) is 4.07. The molecular formula is C19H25N7. The first kappa shape index (κ1) is 15.8. The van der Waals surface area contributed by atoms with E-state index in [4.69, 9.17) is 4.98 Å². The van der Waals surface area contributed by atoms with Crippen LogP contribution in [-0.2, 0) is 12.8 Å². The first-order valence-corrected chi connectivity index (χ1v) is 9.79. The van der Waals surface area contributed by atoms with Crippen molar-refractivity contribution in [1.82, 2.24) is 19.9 Å². The molecule has 4 heterocycles. The summed E-state index contributed by atoms with van der Waals surface area (Å²) in [6.07, 6.45) is 9.56. The fourth-order valence-corrected chi connectivity index (χ4v) is 4.35. The van der Waals surface area contributed by atoms with Crippen LogP contribution >= 0.6 is 0 Å². The summed E-state index contributed by atoms with van der Waals surface area (Å²) in [5, 5.41) is 0. The van der Waals surface area contributed by atoms with Gasteiger partial charge >= 0.3 is 0 Å². The Balaban J connectivity index is 1.29. The molecule has 3 aliphatic rings. The smallest absolute Gasteiger partial charge is 0.227 e. The number of hydrogen-bond donors (Lipinski definition) is 0. The van der Waals surface area contributed by atoms with E-state index in [9.17, 15) is 0 Å². The molecule has 0 spiro atoms. The molecule has 7 heteroatoms. The number of piperazine rings is 1. The third-order valence-electron chi connectivity index (χ3n) is 5.77. The van der Waals surface area contributed by atoms with Crippen LogP contribution in [-0.4, -0.2) is 59.2 Å². The maximum absolute atomic E-state index is 4.83. The zero-order valence-electron chi connectivity index (χ0n) is 15.1. The maximum Gasteiger partial charge on any atom is 0.227 e. The Morgan fingerprint density at radius 3 is 2.38 bits per heavy atom. The van der Waals surface area contributed by atoms with E-state index in [1.807, 2.05) is 12.3 Å². The zero-order valence-corrected chi connectivity index (χ0v) is 15.1. The fourth-order valence-electron chi connectivity index (χ4n) is 4.35. The summed E-state index contributed by atoms with van der Waals surface area (Å²) < 4.78 is 0. The lowest BCUT2D eigenvalue weighted by Crippen LogP contribution is -2.47. The maximum atomic E-state index is 4.83. The van der Waals surface area contributed by atoms with Gasteiger partial charge in [0.05, 0.1) is 0 Å². The molecule has 0 amide bonds. The third-order valence-corrected chi connectivity index (χ3v) is 5.77. The predicted octanol–water partition coefficient (Wildman–Crippen LogP) is 1.68. The molecule has 2 aromatic heterocycles. The number of rotatable bonds is 3. The average molecular weight is 351 g/mol. The Morgan fingerprint density at radius 1 is 0.731 bits per heavy atom. The topological polar surface area (TPSA) is 61.3 Å². The van der Waals surface area contributed by atoms with E-state index in [-0.39, 0.29) is 0 Å². The van der Waals surface area contributed by atoms with Crippen molar-refractivity contribution in [2.45, 2.75) is 32.1 Å². The Bertz CT molecular complexity index is 779. The van der Waals surface area contributed by atoms with Crippen LogP contribution in [0.2, 0.25) is 0 Å². The molecule has 0 atom stereocenters. The molecule has 0 unspecified atom stereocenters. The van der Waals surface area contributed by atoms with E-state index in [1.165, 1.54) is 30.5 Å². The van der Waals surface area contributed by atoms with E-state index in [2.05, 4.69) is 29.7 Å². The number of aryl methyl sites for hydroxylation is 1. The van der Waals surface area contributed by atoms with Gasteiger partial charge in [-0.05, 0) is 38.2 Å². The van der Waals surface area contributed by atoms with Crippen LogP contribution < -0.4 is 14.7 Å². The highest BCUT2D eigenvalue weighted by Crippen LogP contribution is 2.29. The Hall–Kier alpha value is -2.44. The monoisotopic (exact) mass is 351 g/mol. The second-order valence-corrected chi connectivity index (χ2v) is 7.36. The quantitative estimate of drug-likeness (QED) is 0.834. The molecule has 2 fully saturated rings. The minimum Gasteiger partial charge on any atom is -0.353 e. The van der Waals surface area contributed by atoms with Crippen molar-refractivity contribution in [1.29, 1.82) is 0 Å². The highest BCUT2D eigenvalue weighted by atomic mass is 15.3. The van der Waals surface area contributed by atoms with E-state index in [1.54, 1.807) is 6.33 Å². The van der Waals surface area contributed by atoms with Gasteiger partial charge in [-0.3, -0.25) is 0 Å². The van der Waals surface area contributed by atoms with Crippen LogP contribution in [0, 0.1) is 0 Å².